The molecule has 2 aromatic rings. The van der Waals surface area contributed by atoms with Gasteiger partial charge in [-0.05, 0) is 26.0 Å². The van der Waals surface area contributed by atoms with Crippen LogP contribution in [0.3, 0.4) is 0 Å². The first-order valence-electron chi connectivity index (χ1n) is 5.06. The summed E-state index contributed by atoms with van der Waals surface area (Å²) in [6.07, 6.45) is -1.02. The van der Waals surface area contributed by atoms with Crippen LogP contribution < -0.4 is 0 Å². The first kappa shape index (κ1) is 11.9. The molecule has 0 unspecified atom stereocenters. The van der Waals surface area contributed by atoms with Crippen molar-refractivity contribution >= 4 is 22.0 Å². The summed E-state index contributed by atoms with van der Waals surface area (Å²) in [5.74, 6) is 0.477. The van der Waals surface area contributed by atoms with Crippen molar-refractivity contribution < 1.29 is 9.90 Å². The third-order valence-corrected chi connectivity index (χ3v) is 3.00. The van der Waals surface area contributed by atoms with Gasteiger partial charge in [-0.1, -0.05) is 28.1 Å². The van der Waals surface area contributed by atoms with E-state index in [-0.39, 0.29) is 0 Å². The average Bonchev–Trinajstić information content (AvgIpc) is 2.53. The zero-order valence-corrected chi connectivity index (χ0v) is 11.0. The highest BCUT2D eigenvalue weighted by Crippen LogP contribution is 2.26. The normalized spacial score (nSPS) is 10.5. The zero-order valence-electron chi connectivity index (χ0n) is 9.44. The van der Waals surface area contributed by atoms with Crippen molar-refractivity contribution in [2.45, 2.75) is 13.8 Å². The lowest BCUT2D eigenvalue weighted by atomic mass is 10.1. The molecule has 1 heterocycles. The molecule has 4 nitrogen and oxygen atoms in total. The number of benzene rings is 1. The van der Waals surface area contributed by atoms with Gasteiger partial charge in [0.05, 0.1) is 11.4 Å². The molecule has 1 aromatic carbocycles. The van der Waals surface area contributed by atoms with Gasteiger partial charge in [0.25, 0.3) is 0 Å². The van der Waals surface area contributed by atoms with Gasteiger partial charge in [0.1, 0.15) is 5.82 Å². The minimum absolute atomic E-state index is 0.477. The molecule has 0 aliphatic heterocycles. The van der Waals surface area contributed by atoms with E-state index in [0.29, 0.717) is 17.2 Å². The van der Waals surface area contributed by atoms with Gasteiger partial charge in [0, 0.05) is 10.0 Å². The van der Waals surface area contributed by atoms with Crippen LogP contribution in [-0.2, 0) is 0 Å². The molecular formula is C12H11BrN2O2. The van der Waals surface area contributed by atoms with Crippen LogP contribution in [0.15, 0.2) is 28.7 Å². The van der Waals surface area contributed by atoms with Crippen LogP contribution in [0.4, 0.5) is 4.79 Å². The van der Waals surface area contributed by atoms with Crippen molar-refractivity contribution in [1.82, 2.24) is 9.55 Å². The summed E-state index contributed by atoms with van der Waals surface area (Å²) in [6.45, 7) is 3.49. The van der Waals surface area contributed by atoms with Crippen LogP contribution in [0.5, 0.6) is 0 Å². The van der Waals surface area contributed by atoms with Crippen molar-refractivity contribution in [3.8, 4) is 11.3 Å². The van der Waals surface area contributed by atoms with E-state index in [9.17, 15) is 9.90 Å². The van der Waals surface area contributed by atoms with Crippen LogP contribution in [0.1, 0.15) is 11.5 Å². The molecule has 0 aliphatic rings. The Bertz CT molecular complexity index is 590. The molecule has 0 atom stereocenters. The number of nitrogens with zero attached hydrogens (tertiary/aromatic N) is 2. The number of hydrogen-bond donors (Lipinski definition) is 1. The molecule has 17 heavy (non-hydrogen) atoms. The lowest BCUT2D eigenvalue weighted by Crippen LogP contribution is -2.11. The molecule has 0 aliphatic carbocycles. The number of carbonyl (C=O) groups is 1. The van der Waals surface area contributed by atoms with E-state index >= 15 is 0 Å². The lowest BCUT2D eigenvalue weighted by molar-refractivity contribution is 0.196. The Morgan fingerprint density at radius 2 is 2.12 bits per heavy atom. The Morgan fingerprint density at radius 1 is 1.41 bits per heavy atom. The number of hydrogen-bond acceptors (Lipinski definition) is 2. The van der Waals surface area contributed by atoms with Gasteiger partial charge in [0.15, 0.2) is 0 Å². The second-order valence-corrected chi connectivity index (χ2v) is 4.64. The van der Waals surface area contributed by atoms with Gasteiger partial charge >= 0.3 is 6.09 Å². The van der Waals surface area contributed by atoms with Gasteiger partial charge in [-0.3, -0.25) is 0 Å². The predicted octanol–water partition coefficient (Wildman–Crippen LogP) is 3.46. The molecule has 0 saturated carbocycles. The number of halogens is 1. The highest BCUT2D eigenvalue weighted by Gasteiger charge is 2.18. The Balaban J connectivity index is 2.70. The van der Waals surface area contributed by atoms with E-state index in [0.717, 1.165) is 10.0 Å². The maximum absolute atomic E-state index is 11.2. The molecule has 0 spiro atoms. The molecule has 1 aromatic heterocycles. The molecular weight excluding hydrogens is 284 g/mol. The predicted molar refractivity (Wildman–Crippen MR) is 68.3 cm³/mol. The Hall–Kier alpha value is -1.62. The second kappa shape index (κ2) is 4.33. The summed E-state index contributed by atoms with van der Waals surface area (Å²) in [5.41, 5.74) is 2.17. The van der Waals surface area contributed by atoms with Crippen molar-refractivity contribution in [2.75, 3.05) is 0 Å². The van der Waals surface area contributed by atoms with Crippen LogP contribution in [0.2, 0.25) is 0 Å². The molecule has 0 bridgehead atoms. The Morgan fingerprint density at radius 3 is 2.71 bits per heavy atom. The molecule has 0 radical (unpaired) electrons. The highest BCUT2D eigenvalue weighted by molar-refractivity contribution is 9.10. The molecule has 0 amide bonds. The number of aryl methyl sites for hydroxylation is 2. The van der Waals surface area contributed by atoms with Crippen molar-refractivity contribution in [1.29, 1.82) is 0 Å². The van der Waals surface area contributed by atoms with Crippen LogP contribution in [0, 0.1) is 13.8 Å². The van der Waals surface area contributed by atoms with Crippen molar-refractivity contribution in [2.24, 2.45) is 0 Å². The number of carboxylic acid groups (broad SMARTS) is 1. The van der Waals surface area contributed by atoms with E-state index in [1.54, 1.807) is 6.92 Å². The monoisotopic (exact) mass is 294 g/mol. The minimum atomic E-state index is -1.02. The quantitative estimate of drug-likeness (QED) is 0.876. The van der Waals surface area contributed by atoms with Gasteiger partial charge in [-0.25, -0.2) is 14.3 Å². The Kier molecular flexibility index (Phi) is 3.02. The third-order valence-electron chi connectivity index (χ3n) is 2.51. The van der Waals surface area contributed by atoms with Crippen molar-refractivity contribution in [3.05, 3.63) is 40.3 Å². The molecule has 1 N–H and O–H groups in total. The molecule has 0 fully saturated rings. The van der Waals surface area contributed by atoms with E-state index in [1.807, 2.05) is 31.2 Å². The largest absolute Gasteiger partial charge is 0.464 e. The minimum Gasteiger partial charge on any atom is -0.464 e. The van der Waals surface area contributed by atoms with Gasteiger partial charge < -0.3 is 5.11 Å². The maximum atomic E-state index is 11.2. The van der Waals surface area contributed by atoms with E-state index < -0.39 is 6.09 Å². The van der Waals surface area contributed by atoms with E-state index in [4.69, 9.17) is 0 Å². The van der Waals surface area contributed by atoms with E-state index in [2.05, 4.69) is 20.9 Å². The highest BCUT2D eigenvalue weighted by atomic mass is 79.9. The maximum Gasteiger partial charge on any atom is 0.417 e. The smallest absolute Gasteiger partial charge is 0.417 e. The number of aromatic nitrogens is 2. The van der Waals surface area contributed by atoms with Crippen LogP contribution >= 0.6 is 15.9 Å². The zero-order chi connectivity index (χ0) is 12.6. The summed E-state index contributed by atoms with van der Waals surface area (Å²) in [7, 11) is 0. The summed E-state index contributed by atoms with van der Waals surface area (Å²) in [5, 5.41) is 9.20. The fourth-order valence-electron chi connectivity index (χ4n) is 1.88. The van der Waals surface area contributed by atoms with Crippen LogP contribution in [-0.4, -0.2) is 20.8 Å². The van der Waals surface area contributed by atoms with Gasteiger partial charge in [-0.15, -0.1) is 0 Å². The summed E-state index contributed by atoms with van der Waals surface area (Å²) in [6, 6.07) is 7.51. The lowest BCUT2D eigenvalue weighted by Gasteiger charge is -2.06. The SMILES string of the molecule is Cc1nc(C)n(C(=O)O)c1-c1cccc(Br)c1. The standard InChI is InChI=1S/C12H11BrN2O2/c1-7-11(9-4-3-5-10(13)6-9)15(12(16)17)8(2)14-7/h3-6H,1-2H3,(H,16,17). The fourth-order valence-corrected chi connectivity index (χ4v) is 2.28. The van der Waals surface area contributed by atoms with E-state index in [1.165, 1.54) is 4.57 Å². The summed E-state index contributed by atoms with van der Waals surface area (Å²) in [4.78, 5) is 15.4. The molecule has 2 rings (SSSR count). The molecule has 0 saturated heterocycles. The molecule has 88 valence electrons. The average molecular weight is 295 g/mol. The van der Waals surface area contributed by atoms with Crippen molar-refractivity contribution in [3.63, 3.8) is 0 Å². The third kappa shape index (κ3) is 2.10. The van der Waals surface area contributed by atoms with Gasteiger partial charge in [0.2, 0.25) is 0 Å². The second-order valence-electron chi connectivity index (χ2n) is 3.72. The summed E-state index contributed by atoms with van der Waals surface area (Å²) >= 11 is 3.38. The topological polar surface area (TPSA) is 55.1 Å². The first-order valence-corrected chi connectivity index (χ1v) is 5.85. The molecule has 5 heteroatoms. The summed E-state index contributed by atoms with van der Waals surface area (Å²) < 4.78 is 2.11. The first-order chi connectivity index (χ1) is 8.00. The van der Waals surface area contributed by atoms with Gasteiger partial charge in [-0.2, -0.15) is 0 Å². The fraction of sp³-hybridized carbons (Fsp3) is 0.167. The number of rotatable bonds is 1. The number of imidazole rings is 1. The van der Waals surface area contributed by atoms with Crippen LogP contribution in [0.25, 0.3) is 11.3 Å². The Labute approximate surface area is 107 Å².